The van der Waals surface area contributed by atoms with Gasteiger partial charge in [0, 0.05) is 17.5 Å². The van der Waals surface area contributed by atoms with Gasteiger partial charge >= 0.3 is 12.1 Å². The van der Waals surface area contributed by atoms with Crippen molar-refractivity contribution in [2.75, 3.05) is 4.72 Å². The van der Waals surface area contributed by atoms with Gasteiger partial charge in [-0.2, -0.15) is 21.6 Å². The third-order valence-corrected chi connectivity index (χ3v) is 10.4. The van der Waals surface area contributed by atoms with Gasteiger partial charge in [-0.3, -0.25) is 4.72 Å². The number of phenolic OH excluding ortho intramolecular Hbond substituents is 1. The number of aliphatic hydroxyl groups is 1. The van der Waals surface area contributed by atoms with Crippen LogP contribution < -0.4 is 4.72 Å². The van der Waals surface area contributed by atoms with Crippen molar-refractivity contribution in [3.63, 3.8) is 0 Å². The summed E-state index contributed by atoms with van der Waals surface area (Å²) < 4.78 is 73.5. The Morgan fingerprint density at radius 2 is 1.72 bits per heavy atom. The van der Waals surface area contributed by atoms with E-state index in [9.17, 15) is 36.6 Å². The van der Waals surface area contributed by atoms with E-state index in [0.29, 0.717) is 41.1 Å². The average Bonchev–Trinajstić information content (AvgIpc) is 2.94. The fourth-order valence-electron chi connectivity index (χ4n) is 5.09. The minimum Gasteiger partial charge on any atom is -0.511 e. The Balaban J connectivity index is 1.62. The van der Waals surface area contributed by atoms with Crippen molar-refractivity contribution in [1.82, 2.24) is 4.98 Å². The van der Waals surface area contributed by atoms with Gasteiger partial charge in [-0.05, 0) is 84.2 Å². The van der Waals surface area contributed by atoms with E-state index in [-0.39, 0.29) is 34.4 Å². The molecule has 0 spiro atoms. The average molecular weight is 679 g/mol. The van der Waals surface area contributed by atoms with Crippen LogP contribution in [0.2, 0.25) is 0 Å². The highest BCUT2D eigenvalue weighted by atomic mass is 32.2. The van der Waals surface area contributed by atoms with E-state index in [1.807, 2.05) is 34.6 Å². The molecule has 1 aliphatic rings. The fraction of sp³-hybridized carbons (Fsp3) is 0.394. The number of halogens is 3. The number of aryl methyl sites for hydroxylation is 2. The Hall–Kier alpha value is -3.71. The molecule has 46 heavy (non-hydrogen) atoms. The van der Waals surface area contributed by atoms with Crippen molar-refractivity contribution < 1.29 is 41.3 Å². The number of carbonyl (C=O) groups is 1. The predicted octanol–water partition coefficient (Wildman–Crippen LogP) is 8.05. The maximum absolute atomic E-state index is 13.5. The van der Waals surface area contributed by atoms with E-state index >= 15 is 0 Å². The maximum Gasteiger partial charge on any atom is 0.417 e. The molecule has 2 aromatic carbocycles. The van der Waals surface area contributed by atoms with E-state index in [0.717, 1.165) is 23.4 Å². The normalized spacial score (nSPS) is 17.7. The van der Waals surface area contributed by atoms with Crippen LogP contribution in [-0.2, 0) is 37.6 Å². The van der Waals surface area contributed by atoms with Gasteiger partial charge in [0.15, 0.2) is 5.03 Å². The molecular weight excluding hydrogens is 641 g/mol. The van der Waals surface area contributed by atoms with Crippen molar-refractivity contribution in [3.8, 4) is 5.75 Å². The number of anilines is 1. The molecule has 1 aliphatic heterocycles. The third kappa shape index (κ3) is 7.80. The molecule has 0 unspecified atom stereocenters. The summed E-state index contributed by atoms with van der Waals surface area (Å²) in [6.45, 7) is 11.2. The van der Waals surface area contributed by atoms with E-state index in [1.165, 1.54) is 0 Å². The maximum atomic E-state index is 13.5. The SMILES string of the molecule is Cc1cc(SC2=C(O)C[C@](CCc3ccc(O)cc3)(C(C)C)OC2=O)c(C(C)(C)C)cc1NS(=O)(=O)c1ccc(C(F)(F)F)cn1. The van der Waals surface area contributed by atoms with Gasteiger partial charge in [0.2, 0.25) is 0 Å². The molecule has 0 bridgehead atoms. The number of hydrogen-bond acceptors (Lipinski definition) is 8. The largest absolute Gasteiger partial charge is 0.511 e. The molecule has 0 aliphatic carbocycles. The van der Waals surface area contributed by atoms with Crippen molar-refractivity contribution in [2.45, 2.75) is 87.9 Å². The van der Waals surface area contributed by atoms with Crippen LogP contribution in [0.4, 0.5) is 18.9 Å². The first-order valence-electron chi connectivity index (χ1n) is 14.5. The van der Waals surface area contributed by atoms with Gasteiger partial charge in [-0.25, -0.2) is 9.78 Å². The van der Waals surface area contributed by atoms with Gasteiger partial charge in [0.1, 0.15) is 22.0 Å². The van der Waals surface area contributed by atoms with Crippen LogP contribution in [0.15, 0.2) is 75.3 Å². The number of aromatic hydroxyl groups is 1. The molecule has 1 atom stereocenters. The minimum absolute atomic E-state index is 0.0353. The summed E-state index contributed by atoms with van der Waals surface area (Å²) in [5, 5.41) is 20.3. The lowest BCUT2D eigenvalue weighted by molar-refractivity contribution is -0.164. The second-order valence-corrected chi connectivity index (χ2v) is 15.4. The summed E-state index contributed by atoms with van der Waals surface area (Å²) in [5.41, 5.74) is -0.297. The van der Waals surface area contributed by atoms with Crippen LogP contribution in [-0.4, -0.2) is 35.2 Å². The van der Waals surface area contributed by atoms with Gasteiger partial charge in [0.25, 0.3) is 10.0 Å². The first-order valence-corrected chi connectivity index (χ1v) is 16.8. The number of aromatic nitrogens is 1. The van der Waals surface area contributed by atoms with Crippen LogP contribution in [0.5, 0.6) is 5.75 Å². The van der Waals surface area contributed by atoms with E-state index in [1.54, 1.807) is 43.3 Å². The Kier molecular flexibility index (Phi) is 9.80. The number of alkyl halides is 3. The van der Waals surface area contributed by atoms with Crippen LogP contribution in [0, 0.1) is 12.8 Å². The summed E-state index contributed by atoms with van der Waals surface area (Å²) in [6, 6.07) is 11.5. The number of ether oxygens (including phenoxy) is 1. The molecule has 2 heterocycles. The zero-order valence-corrected chi connectivity index (χ0v) is 28.0. The van der Waals surface area contributed by atoms with Crippen LogP contribution >= 0.6 is 11.8 Å². The van der Waals surface area contributed by atoms with Gasteiger partial charge in [-0.1, -0.05) is 58.5 Å². The smallest absolute Gasteiger partial charge is 0.417 e. The van der Waals surface area contributed by atoms with Crippen molar-refractivity contribution >= 4 is 33.4 Å². The first kappa shape index (κ1) is 35.1. The standard InChI is InChI=1S/C33H37F3N2O6S2/c1-19(2)32(14-13-21-7-10-23(39)11-8-21)17-26(40)29(30(41)44-32)45-27-15-20(3)25(16-24(27)31(4,5)6)38-46(42,43)28-12-9-22(18-37-28)33(34,35)36/h7-12,15-16,18-19,38-40H,13-14,17H2,1-6H3/t32-/m1/s1. The van der Waals surface area contributed by atoms with E-state index in [4.69, 9.17) is 4.74 Å². The molecule has 1 aromatic heterocycles. The molecule has 3 N–H and O–H groups in total. The number of nitrogens with zero attached hydrogens (tertiary/aromatic N) is 1. The zero-order valence-electron chi connectivity index (χ0n) is 26.3. The topological polar surface area (TPSA) is 126 Å². The summed E-state index contributed by atoms with van der Waals surface area (Å²) in [7, 11) is -4.34. The molecule has 0 amide bonds. The number of thioether (sulfide) groups is 1. The molecule has 0 saturated heterocycles. The summed E-state index contributed by atoms with van der Waals surface area (Å²) in [6.07, 6.45) is -3.06. The Labute approximate surface area is 271 Å². The number of esters is 1. The van der Waals surface area contributed by atoms with E-state index < -0.39 is 43.8 Å². The molecule has 248 valence electrons. The number of phenols is 1. The minimum atomic E-state index is -4.66. The Morgan fingerprint density at radius 1 is 1.07 bits per heavy atom. The highest BCUT2D eigenvalue weighted by Crippen LogP contribution is 2.46. The van der Waals surface area contributed by atoms with E-state index in [2.05, 4.69) is 9.71 Å². The lowest BCUT2D eigenvalue weighted by Gasteiger charge is -2.40. The van der Waals surface area contributed by atoms with Crippen LogP contribution in [0.1, 0.15) is 69.7 Å². The van der Waals surface area contributed by atoms with Crippen molar-refractivity contribution in [3.05, 3.63) is 87.6 Å². The van der Waals surface area contributed by atoms with Gasteiger partial charge < -0.3 is 14.9 Å². The first-order chi connectivity index (χ1) is 21.2. The Bertz CT molecular complexity index is 1750. The molecule has 0 radical (unpaired) electrons. The molecule has 8 nitrogen and oxygen atoms in total. The monoisotopic (exact) mass is 678 g/mol. The molecular formula is C33H37F3N2O6S2. The molecule has 3 aromatic rings. The highest BCUT2D eigenvalue weighted by Gasteiger charge is 2.44. The van der Waals surface area contributed by atoms with Gasteiger partial charge in [0.05, 0.1) is 11.3 Å². The lowest BCUT2D eigenvalue weighted by atomic mass is 9.80. The number of hydrogen-bond donors (Lipinski definition) is 3. The number of pyridine rings is 1. The van der Waals surface area contributed by atoms with Crippen molar-refractivity contribution in [1.29, 1.82) is 0 Å². The quantitative estimate of drug-likeness (QED) is 0.194. The van der Waals surface area contributed by atoms with Crippen molar-refractivity contribution in [2.24, 2.45) is 5.92 Å². The Morgan fingerprint density at radius 3 is 2.24 bits per heavy atom. The highest BCUT2D eigenvalue weighted by molar-refractivity contribution is 8.04. The number of sulfonamides is 1. The summed E-state index contributed by atoms with van der Waals surface area (Å²) >= 11 is 1.04. The number of benzene rings is 2. The van der Waals surface area contributed by atoms with Crippen LogP contribution in [0.25, 0.3) is 0 Å². The summed E-state index contributed by atoms with van der Waals surface area (Å²) in [4.78, 5) is 17.6. The number of aliphatic hydroxyl groups excluding tert-OH is 1. The molecule has 0 fully saturated rings. The number of rotatable bonds is 9. The number of cyclic esters (lactones) is 1. The zero-order chi connectivity index (χ0) is 34.2. The number of nitrogens with one attached hydrogen (secondary N) is 1. The molecule has 13 heteroatoms. The predicted molar refractivity (Wildman–Crippen MR) is 170 cm³/mol. The lowest BCUT2D eigenvalue weighted by Crippen LogP contribution is -2.44. The molecule has 0 saturated carbocycles. The molecule has 4 rings (SSSR count). The second kappa shape index (κ2) is 12.8. The number of carbonyl (C=O) groups excluding carboxylic acids is 1. The van der Waals surface area contributed by atoms with Crippen LogP contribution in [0.3, 0.4) is 0 Å². The van der Waals surface area contributed by atoms with Gasteiger partial charge in [-0.15, -0.1) is 0 Å². The summed E-state index contributed by atoms with van der Waals surface area (Å²) in [5.74, 6) is -0.721. The third-order valence-electron chi connectivity index (χ3n) is 7.97. The fourth-order valence-corrected chi connectivity index (χ4v) is 7.39. The second-order valence-electron chi connectivity index (χ2n) is 12.7.